The lowest BCUT2D eigenvalue weighted by Crippen LogP contribution is -2.47. The normalized spacial score (nSPS) is 25.6. The van der Waals surface area contributed by atoms with Crippen molar-refractivity contribution in [3.05, 3.63) is 35.6 Å². The van der Waals surface area contributed by atoms with Gasteiger partial charge in [0, 0.05) is 18.6 Å². The minimum atomic E-state index is -0.172. The maximum Gasteiger partial charge on any atom is 0.123 e. The average Bonchev–Trinajstić information content (AvgIpc) is 2.28. The van der Waals surface area contributed by atoms with Gasteiger partial charge in [0.05, 0.1) is 0 Å². The summed E-state index contributed by atoms with van der Waals surface area (Å²) in [4.78, 5) is 2.41. The molecule has 1 saturated heterocycles. The molecule has 0 radical (unpaired) electrons. The van der Waals surface area contributed by atoms with E-state index in [1.165, 1.54) is 6.07 Å². The van der Waals surface area contributed by atoms with Crippen LogP contribution in [0.4, 0.5) is 4.39 Å². The van der Waals surface area contributed by atoms with Gasteiger partial charge in [-0.05, 0) is 43.0 Å². The molecule has 1 aliphatic rings. The van der Waals surface area contributed by atoms with Gasteiger partial charge in [0.1, 0.15) is 5.82 Å². The number of nitrogens with zero attached hydrogens (tertiary/aromatic N) is 1. The van der Waals surface area contributed by atoms with Crippen LogP contribution >= 0.6 is 0 Å². The predicted octanol–water partition coefficient (Wildman–Crippen LogP) is 2.95. The Hall–Kier alpha value is -0.930. The van der Waals surface area contributed by atoms with Crippen LogP contribution < -0.4 is 5.73 Å². The van der Waals surface area contributed by atoms with Crippen molar-refractivity contribution in [2.45, 2.75) is 38.8 Å². The SMILES string of the molecule is CC(C)CN1CCCC(N)C1c1cccc(F)c1. The molecule has 0 aliphatic carbocycles. The number of likely N-dealkylation sites (tertiary alicyclic amines) is 1. The summed E-state index contributed by atoms with van der Waals surface area (Å²) >= 11 is 0. The van der Waals surface area contributed by atoms with Crippen LogP contribution in [0.15, 0.2) is 24.3 Å². The smallest absolute Gasteiger partial charge is 0.123 e. The van der Waals surface area contributed by atoms with Crippen molar-refractivity contribution >= 4 is 0 Å². The Labute approximate surface area is 109 Å². The molecule has 2 nitrogen and oxygen atoms in total. The minimum Gasteiger partial charge on any atom is -0.326 e. The number of hydrogen-bond donors (Lipinski definition) is 1. The molecule has 2 unspecified atom stereocenters. The van der Waals surface area contributed by atoms with Crippen LogP contribution in [0.3, 0.4) is 0 Å². The predicted molar refractivity (Wildman–Crippen MR) is 72.8 cm³/mol. The summed E-state index contributed by atoms with van der Waals surface area (Å²) in [5.41, 5.74) is 7.28. The Morgan fingerprint density at radius 3 is 2.89 bits per heavy atom. The number of piperidine rings is 1. The summed E-state index contributed by atoms with van der Waals surface area (Å²) in [5, 5.41) is 0. The topological polar surface area (TPSA) is 29.3 Å². The molecule has 100 valence electrons. The van der Waals surface area contributed by atoms with E-state index in [9.17, 15) is 4.39 Å². The quantitative estimate of drug-likeness (QED) is 0.893. The van der Waals surface area contributed by atoms with Crippen molar-refractivity contribution in [2.24, 2.45) is 11.7 Å². The van der Waals surface area contributed by atoms with Crippen LogP contribution in [-0.2, 0) is 0 Å². The number of halogens is 1. The van der Waals surface area contributed by atoms with Gasteiger partial charge in [-0.1, -0.05) is 26.0 Å². The molecule has 1 aromatic rings. The van der Waals surface area contributed by atoms with Gasteiger partial charge < -0.3 is 5.73 Å². The lowest BCUT2D eigenvalue weighted by atomic mass is 9.90. The van der Waals surface area contributed by atoms with Crippen LogP contribution in [0.25, 0.3) is 0 Å². The molecular weight excluding hydrogens is 227 g/mol. The van der Waals surface area contributed by atoms with Gasteiger partial charge in [-0.15, -0.1) is 0 Å². The van der Waals surface area contributed by atoms with Gasteiger partial charge in [-0.25, -0.2) is 4.39 Å². The second-order valence-corrected chi connectivity index (χ2v) is 5.69. The third-order valence-corrected chi connectivity index (χ3v) is 3.57. The van der Waals surface area contributed by atoms with E-state index < -0.39 is 0 Å². The molecule has 0 aromatic heterocycles. The monoisotopic (exact) mass is 250 g/mol. The first-order valence-corrected chi connectivity index (χ1v) is 6.83. The van der Waals surface area contributed by atoms with Crippen LogP contribution in [0.1, 0.15) is 38.3 Å². The van der Waals surface area contributed by atoms with Crippen molar-refractivity contribution in [1.29, 1.82) is 0 Å². The highest BCUT2D eigenvalue weighted by Gasteiger charge is 2.30. The summed E-state index contributed by atoms with van der Waals surface area (Å²) < 4.78 is 13.4. The number of rotatable bonds is 3. The van der Waals surface area contributed by atoms with Crippen molar-refractivity contribution < 1.29 is 4.39 Å². The third kappa shape index (κ3) is 3.09. The van der Waals surface area contributed by atoms with E-state index in [2.05, 4.69) is 18.7 Å². The van der Waals surface area contributed by atoms with E-state index in [1.807, 2.05) is 6.07 Å². The highest BCUT2D eigenvalue weighted by atomic mass is 19.1. The Bertz CT molecular complexity index is 392. The number of nitrogens with two attached hydrogens (primary N) is 1. The molecule has 1 aromatic carbocycles. The highest BCUT2D eigenvalue weighted by Crippen LogP contribution is 2.31. The summed E-state index contributed by atoms with van der Waals surface area (Å²) in [6.45, 7) is 6.51. The van der Waals surface area contributed by atoms with Crippen molar-refractivity contribution in [2.75, 3.05) is 13.1 Å². The molecular formula is C15H23FN2. The van der Waals surface area contributed by atoms with E-state index in [1.54, 1.807) is 12.1 Å². The molecule has 1 heterocycles. The van der Waals surface area contributed by atoms with Gasteiger partial charge in [0.2, 0.25) is 0 Å². The maximum atomic E-state index is 13.4. The van der Waals surface area contributed by atoms with Crippen LogP contribution in [-0.4, -0.2) is 24.0 Å². The second kappa shape index (κ2) is 5.81. The lowest BCUT2D eigenvalue weighted by molar-refractivity contribution is 0.114. The van der Waals surface area contributed by atoms with E-state index in [0.717, 1.165) is 31.5 Å². The first kappa shape index (κ1) is 13.5. The first-order valence-electron chi connectivity index (χ1n) is 6.83. The highest BCUT2D eigenvalue weighted by molar-refractivity contribution is 5.22. The van der Waals surface area contributed by atoms with Crippen LogP contribution in [0.2, 0.25) is 0 Å². The maximum absolute atomic E-state index is 13.4. The van der Waals surface area contributed by atoms with Gasteiger partial charge >= 0.3 is 0 Å². The van der Waals surface area contributed by atoms with Gasteiger partial charge in [0.25, 0.3) is 0 Å². The van der Waals surface area contributed by atoms with Gasteiger partial charge in [-0.2, -0.15) is 0 Å². The summed E-state index contributed by atoms with van der Waals surface area (Å²) in [6.07, 6.45) is 2.16. The Balaban J connectivity index is 2.24. The first-order chi connectivity index (χ1) is 8.58. The molecule has 1 fully saturated rings. The molecule has 2 N–H and O–H groups in total. The van der Waals surface area contributed by atoms with E-state index in [0.29, 0.717) is 5.92 Å². The molecule has 0 amide bonds. The molecule has 0 spiro atoms. The van der Waals surface area contributed by atoms with E-state index >= 15 is 0 Å². The molecule has 0 bridgehead atoms. The van der Waals surface area contributed by atoms with Crippen LogP contribution in [0.5, 0.6) is 0 Å². The zero-order valence-electron chi connectivity index (χ0n) is 11.3. The number of benzene rings is 1. The zero-order chi connectivity index (χ0) is 13.1. The Morgan fingerprint density at radius 2 is 2.22 bits per heavy atom. The van der Waals surface area contributed by atoms with Crippen molar-refractivity contribution in [3.63, 3.8) is 0 Å². The fraction of sp³-hybridized carbons (Fsp3) is 0.600. The fourth-order valence-corrected chi connectivity index (χ4v) is 2.92. The largest absolute Gasteiger partial charge is 0.326 e. The second-order valence-electron chi connectivity index (χ2n) is 5.69. The van der Waals surface area contributed by atoms with Crippen molar-refractivity contribution in [1.82, 2.24) is 4.90 Å². The minimum absolute atomic E-state index is 0.110. The summed E-state index contributed by atoms with van der Waals surface area (Å²) in [5.74, 6) is 0.432. The molecule has 2 atom stereocenters. The summed E-state index contributed by atoms with van der Waals surface area (Å²) in [6, 6.07) is 7.16. The third-order valence-electron chi connectivity index (χ3n) is 3.57. The Kier molecular flexibility index (Phi) is 4.36. The van der Waals surface area contributed by atoms with Gasteiger partial charge in [-0.3, -0.25) is 4.90 Å². The lowest BCUT2D eigenvalue weighted by Gasteiger charge is -2.41. The summed E-state index contributed by atoms with van der Waals surface area (Å²) in [7, 11) is 0. The van der Waals surface area contributed by atoms with Crippen LogP contribution in [0, 0.1) is 11.7 Å². The Morgan fingerprint density at radius 1 is 1.44 bits per heavy atom. The number of hydrogen-bond acceptors (Lipinski definition) is 2. The van der Waals surface area contributed by atoms with Crippen molar-refractivity contribution in [3.8, 4) is 0 Å². The molecule has 1 aliphatic heterocycles. The average molecular weight is 250 g/mol. The van der Waals surface area contributed by atoms with E-state index in [4.69, 9.17) is 5.73 Å². The molecule has 18 heavy (non-hydrogen) atoms. The molecule has 3 heteroatoms. The fourth-order valence-electron chi connectivity index (χ4n) is 2.92. The van der Waals surface area contributed by atoms with Gasteiger partial charge in [0.15, 0.2) is 0 Å². The molecule has 0 saturated carbocycles. The standard InChI is InChI=1S/C15H23FN2/c1-11(2)10-18-8-4-7-14(17)15(18)12-5-3-6-13(16)9-12/h3,5-6,9,11,14-15H,4,7-8,10,17H2,1-2H3. The van der Waals surface area contributed by atoms with E-state index in [-0.39, 0.29) is 17.9 Å². The zero-order valence-corrected chi connectivity index (χ0v) is 11.3. The molecule has 2 rings (SSSR count).